The van der Waals surface area contributed by atoms with Crippen LogP contribution in [0.15, 0.2) is 30.3 Å². The summed E-state index contributed by atoms with van der Waals surface area (Å²) < 4.78 is 5.04. The molecule has 0 aliphatic carbocycles. The predicted molar refractivity (Wildman–Crippen MR) is 68.7 cm³/mol. The quantitative estimate of drug-likeness (QED) is 0.681. The zero-order valence-corrected chi connectivity index (χ0v) is 10.4. The molecular weight excluding hydrogens is 198 g/mol. The summed E-state index contributed by atoms with van der Waals surface area (Å²) >= 11 is 0. The Hall–Kier alpha value is -0.860. The minimum absolute atomic E-state index is 0.583. The molecule has 0 bridgehead atoms. The minimum atomic E-state index is 0.583. The van der Waals surface area contributed by atoms with Gasteiger partial charge >= 0.3 is 0 Å². The van der Waals surface area contributed by atoms with Gasteiger partial charge in [0.25, 0.3) is 0 Å². The maximum atomic E-state index is 5.04. The first-order valence-corrected chi connectivity index (χ1v) is 6.13. The van der Waals surface area contributed by atoms with Crippen molar-refractivity contribution in [1.82, 2.24) is 5.32 Å². The van der Waals surface area contributed by atoms with Crippen molar-refractivity contribution >= 4 is 0 Å². The van der Waals surface area contributed by atoms with Gasteiger partial charge < -0.3 is 10.1 Å². The first-order chi connectivity index (χ1) is 7.86. The van der Waals surface area contributed by atoms with E-state index >= 15 is 0 Å². The van der Waals surface area contributed by atoms with Crippen LogP contribution < -0.4 is 5.32 Å². The highest BCUT2D eigenvalue weighted by atomic mass is 16.5. The SMILES string of the molecule is CCC(Cc1ccccc1)NCCCOC. The zero-order chi connectivity index (χ0) is 11.6. The maximum Gasteiger partial charge on any atom is 0.0474 e. The van der Waals surface area contributed by atoms with E-state index in [1.54, 1.807) is 7.11 Å². The van der Waals surface area contributed by atoms with Gasteiger partial charge in [0.15, 0.2) is 0 Å². The lowest BCUT2D eigenvalue weighted by molar-refractivity contribution is 0.193. The van der Waals surface area contributed by atoms with Gasteiger partial charge in [0.1, 0.15) is 0 Å². The van der Waals surface area contributed by atoms with Crippen LogP contribution in [-0.2, 0) is 11.2 Å². The number of nitrogens with one attached hydrogen (secondary N) is 1. The van der Waals surface area contributed by atoms with E-state index in [1.165, 1.54) is 12.0 Å². The van der Waals surface area contributed by atoms with Crippen molar-refractivity contribution in [2.75, 3.05) is 20.3 Å². The summed E-state index contributed by atoms with van der Waals surface area (Å²) in [5.41, 5.74) is 1.41. The Morgan fingerprint density at radius 1 is 1.25 bits per heavy atom. The molecule has 0 spiro atoms. The molecule has 1 aromatic carbocycles. The number of benzene rings is 1. The van der Waals surface area contributed by atoms with Crippen LogP contribution in [0.5, 0.6) is 0 Å². The fourth-order valence-electron chi connectivity index (χ4n) is 1.78. The first kappa shape index (κ1) is 13.2. The standard InChI is InChI=1S/C14H23NO/c1-3-14(15-10-7-11-16-2)12-13-8-5-4-6-9-13/h4-6,8-9,14-15H,3,7,10-12H2,1-2H3. The molecule has 0 amide bonds. The molecule has 0 fully saturated rings. The Balaban J connectivity index is 2.26. The number of ether oxygens (including phenoxy) is 1. The van der Waals surface area contributed by atoms with Crippen molar-refractivity contribution in [3.8, 4) is 0 Å². The van der Waals surface area contributed by atoms with E-state index in [-0.39, 0.29) is 0 Å². The van der Waals surface area contributed by atoms with Gasteiger partial charge in [0.2, 0.25) is 0 Å². The van der Waals surface area contributed by atoms with Gasteiger partial charge in [-0.15, -0.1) is 0 Å². The van der Waals surface area contributed by atoms with Crippen LogP contribution in [0.3, 0.4) is 0 Å². The molecule has 0 aliphatic heterocycles. The highest BCUT2D eigenvalue weighted by molar-refractivity contribution is 5.15. The lowest BCUT2D eigenvalue weighted by Gasteiger charge is -2.16. The van der Waals surface area contributed by atoms with Gasteiger partial charge in [0, 0.05) is 19.8 Å². The molecule has 0 aromatic heterocycles. The summed E-state index contributed by atoms with van der Waals surface area (Å²) in [6, 6.07) is 11.2. The van der Waals surface area contributed by atoms with E-state index in [0.717, 1.165) is 26.0 Å². The van der Waals surface area contributed by atoms with Gasteiger partial charge in [-0.3, -0.25) is 0 Å². The highest BCUT2D eigenvalue weighted by Gasteiger charge is 2.05. The van der Waals surface area contributed by atoms with Gasteiger partial charge in [-0.25, -0.2) is 0 Å². The van der Waals surface area contributed by atoms with Crippen LogP contribution in [0.2, 0.25) is 0 Å². The second kappa shape index (κ2) is 8.31. The first-order valence-electron chi connectivity index (χ1n) is 6.13. The lowest BCUT2D eigenvalue weighted by atomic mass is 10.0. The Bertz CT molecular complexity index is 261. The molecule has 0 radical (unpaired) electrons. The summed E-state index contributed by atoms with van der Waals surface area (Å²) in [6.07, 6.45) is 3.37. The maximum absolute atomic E-state index is 5.04. The fourth-order valence-corrected chi connectivity index (χ4v) is 1.78. The molecule has 2 heteroatoms. The van der Waals surface area contributed by atoms with E-state index in [1.807, 2.05) is 0 Å². The van der Waals surface area contributed by atoms with Crippen molar-refractivity contribution in [2.45, 2.75) is 32.2 Å². The van der Waals surface area contributed by atoms with Crippen LogP contribution >= 0.6 is 0 Å². The molecule has 0 heterocycles. The van der Waals surface area contributed by atoms with Gasteiger partial charge in [0.05, 0.1) is 0 Å². The Kier molecular flexibility index (Phi) is 6.86. The average Bonchev–Trinajstić information content (AvgIpc) is 2.34. The number of hydrogen-bond acceptors (Lipinski definition) is 2. The Morgan fingerprint density at radius 2 is 2.00 bits per heavy atom. The third-order valence-electron chi connectivity index (χ3n) is 2.78. The van der Waals surface area contributed by atoms with E-state index < -0.39 is 0 Å². The van der Waals surface area contributed by atoms with Crippen molar-refractivity contribution in [3.05, 3.63) is 35.9 Å². The third kappa shape index (κ3) is 5.29. The molecular formula is C14H23NO. The molecule has 1 rings (SSSR count). The van der Waals surface area contributed by atoms with Crippen LogP contribution in [-0.4, -0.2) is 26.3 Å². The molecule has 16 heavy (non-hydrogen) atoms. The van der Waals surface area contributed by atoms with Crippen LogP contribution in [0.4, 0.5) is 0 Å². The molecule has 0 saturated heterocycles. The molecule has 1 aromatic rings. The topological polar surface area (TPSA) is 21.3 Å². The molecule has 2 nitrogen and oxygen atoms in total. The monoisotopic (exact) mass is 221 g/mol. The third-order valence-corrected chi connectivity index (χ3v) is 2.78. The van der Waals surface area contributed by atoms with E-state index in [4.69, 9.17) is 4.74 Å². The molecule has 90 valence electrons. The van der Waals surface area contributed by atoms with Crippen LogP contribution in [0.25, 0.3) is 0 Å². The summed E-state index contributed by atoms with van der Waals surface area (Å²) in [5.74, 6) is 0. The minimum Gasteiger partial charge on any atom is -0.385 e. The molecule has 0 aliphatic rings. The number of rotatable bonds is 8. The molecule has 1 atom stereocenters. The smallest absolute Gasteiger partial charge is 0.0474 e. The molecule has 0 saturated carbocycles. The number of methoxy groups -OCH3 is 1. The Labute approximate surface area is 99.0 Å². The van der Waals surface area contributed by atoms with Crippen molar-refractivity contribution in [1.29, 1.82) is 0 Å². The van der Waals surface area contributed by atoms with Crippen molar-refractivity contribution in [2.24, 2.45) is 0 Å². The number of hydrogen-bond donors (Lipinski definition) is 1. The molecule has 1 unspecified atom stereocenters. The lowest BCUT2D eigenvalue weighted by Crippen LogP contribution is -2.31. The summed E-state index contributed by atoms with van der Waals surface area (Å²) in [4.78, 5) is 0. The van der Waals surface area contributed by atoms with Gasteiger partial charge in [-0.2, -0.15) is 0 Å². The van der Waals surface area contributed by atoms with Crippen LogP contribution in [0.1, 0.15) is 25.3 Å². The summed E-state index contributed by atoms with van der Waals surface area (Å²) in [6.45, 7) is 4.12. The largest absolute Gasteiger partial charge is 0.385 e. The highest BCUT2D eigenvalue weighted by Crippen LogP contribution is 2.05. The van der Waals surface area contributed by atoms with Crippen LogP contribution in [0, 0.1) is 0 Å². The van der Waals surface area contributed by atoms with Crippen molar-refractivity contribution < 1.29 is 4.74 Å². The molecule has 1 N–H and O–H groups in total. The second-order valence-corrected chi connectivity index (χ2v) is 4.10. The Morgan fingerprint density at radius 3 is 2.62 bits per heavy atom. The second-order valence-electron chi connectivity index (χ2n) is 4.10. The summed E-state index contributed by atoms with van der Waals surface area (Å²) in [7, 11) is 1.75. The predicted octanol–water partition coefficient (Wildman–Crippen LogP) is 2.63. The van der Waals surface area contributed by atoms with Gasteiger partial charge in [-0.1, -0.05) is 37.3 Å². The van der Waals surface area contributed by atoms with Gasteiger partial charge in [-0.05, 0) is 31.4 Å². The normalized spacial score (nSPS) is 12.6. The van der Waals surface area contributed by atoms with Crippen molar-refractivity contribution in [3.63, 3.8) is 0 Å². The zero-order valence-electron chi connectivity index (χ0n) is 10.4. The average molecular weight is 221 g/mol. The van der Waals surface area contributed by atoms with E-state index in [0.29, 0.717) is 6.04 Å². The fraction of sp³-hybridized carbons (Fsp3) is 0.571. The summed E-state index contributed by atoms with van der Waals surface area (Å²) in [5, 5.41) is 3.57. The van der Waals surface area contributed by atoms with E-state index in [9.17, 15) is 0 Å². The van der Waals surface area contributed by atoms with E-state index in [2.05, 4.69) is 42.6 Å².